The van der Waals surface area contributed by atoms with Crippen LogP contribution in [0.3, 0.4) is 0 Å². The molecule has 0 unspecified atom stereocenters. The van der Waals surface area contributed by atoms with Crippen molar-refractivity contribution in [3.8, 4) is 12.3 Å². The van der Waals surface area contributed by atoms with Crippen LogP contribution in [0.25, 0.3) is 10.8 Å². The highest BCUT2D eigenvalue weighted by atomic mass is 16.1. The van der Waals surface area contributed by atoms with Crippen LogP contribution in [0.4, 0.5) is 11.6 Å². The fourth-order valence-electron chi connectivity index (χ4n) is 2.31. The van der Waals surface area contributed by atoms with Gasteiger partial charge in [0.15, 0.2) is 0 Å². The molecule has 24 heavy (non-hydrogen) atoms. The van der Waals surface area contributed by atoms with Crippen molar-refractivity contribution >= 4 is 22.4 Å². The second-order valence-corrected chi connectivity index (χ2v) is 6.74. The summed E-state index contributed by atoms with van der Waals surface area (Å²) in [5.74, 6) is 3.76. The molecule has 126 valence electrons. The zero-order valence-electron chi connectivity index (χ0n) is 14.9. The average Bonchev–Trinajstić information content (AvgIpc) is 2.48. The van der Waals surface area contributed by atoms with Gasteiger partial charge in [0, 0.05) is 17.4 Å². The van der Waals surface area contributed by atoms with E-state index in [4.69, 9.17) is 6.42 Å². The van der Waals surface area contributed by atoms with Crippen molar-refractivity contribution in [1.82, 2.24) is 9.55 Å². The number of hydrogen-bond donors (Lipinski definition) is 2. The molecule has 0 spiro atoms. The minimum Gasteiger partial charge on any atom is -0.365 e. The van der Waals surface area contributed by atoms with E-state index in [1.54, 1.807) is 6.20 Å². The second kappa shape index (κ2) is 6.79. The normalized spacial score (nSPS) is 12.1. The number of aromatic nitrogens is 2. The first-order valence-electron chi connectivity index (χ1n) is 7.91. The van der Waals surface area contributed by atoms with Crippen LogP contribution in [-0.4, -0.2) is 15.1 Å². The molecule has 0 radical (unpaired) electrons. The molecule has 0 aliphatic heterocycles. The van der Waals surface area contributed by atoms with E-state index in [2.05, 4.69) is 21.5 Å². The Balaban J connectivity index is 2.71. The van der Waals surface area contributed by atoms with Gasteiger partial charge in [0.1, 0.15) is 11.6 Å². The van der Waals surface area contributed by atoms with E-state index in [9.17, 15) is 4.79 Å². The number of allylic oxidation sites excluding steroid dienone is 2. The van der Waals surface area contributed by atoms with Gasteiger partial charge in [-0.05, 0) is 52.1 Å². The molecule has 2 N–H and O–H groups in total. The molecular formula is C19H24N4O. The minimum absolute atomic E-state index is 0.140. The van der Waals surface area contributed by atoms with Gasteiger partial charge in [-0.25, -0.2) is 4.98 Å². The second-order valence-electron chi connectivity index (χ2n) is 6.74. The van der Waals surface area contributed by atoms with E-state index in [1.807, 2.05) is 52.8 Å². The molecule has 0 saturated carbocycles. The summed E-state index contributed by atoms with van der Waals surface area (Å²) in [6.07, 6.45) is 9.04. The van der Waals surface area contributed by atoms with Gasteiger partial charge in [-0.1, -0.05) is 12.0 Å². The third-order valence-electron chi connectivity index (χ3n) is 3.47. The largest absolute Gasteiger partial charge is 0.365 e. The van der Waals surface area contributed by atoms with Crippen molar-refractivity contribution in [2.75, 3.05) is 10.6 Å². The number of hydrogen-bond acceptors (Lipinski definition) is 4. The van der Waals surface area contributed by atoms with Gasteiger partial charge >= 0.3 is 0 Å². The summed E-state index contributed by atoms with van der Waals surface area (Å²) in [6.45, 7) is 10.2. The molecule has 0 saturated heterocycles. The Morgan fingerprint density at radius 1 is 1.46 bits per heavy atom. The minimum atomic E-state index is -0.229. The Labute approximate surface area is 142 Å². The lowest BCUT2D eigenvalue weighted by atomic mass is 10.1. The number of anilines is 2. The van der Waals surface area contributed by atoms with Crippen molar-refractivity contribution in [2.24, 2.45) is 0 Å². The molecule has 5 nitrogen and oxygen atoms in total. The van der Waals surface area contributed by atoms with E-state index >= 15 is 0 Å². The van der Waals surface area contributed by atoms with Crippen molar-refractivity contribution < 1.29 is 0 Å². The molecule has 2 aromatic heterocycles. The third-order valence-corrected chi connectivity index (χ3v) is 3.47. The zero-order valence-corrected chi connectivity index (χ0v) is 14.9. The molecule has 0 bridgehead atoms. The summed E-state index contributed by atoms with van der Waals surface area (Å²) in [5, 5.41) is 7.94. The summed E-state index contributed by atoms with van der Waals surface area (Å²) in [6, 6.07) is 3.76. The van der Waals surface area contributed by atoms with E-state index in [0.29, 0.717) is 17.0 Å². The smallest absolute Gasteiger partial charge is 0.263 e. The Kier molecular flexibility index (Phi) is 4.99. The SMILES string of the molecule is C#CCn1ccc2cc(N/C(C)=C/C)nc(NC(C)(C)C)c2c1=O. The Morgan fingerprint density at radius 3 is 2.75 bits per heavy atom. The van der Waals surface area contributed by atoms with Gasteiger partial charge < -0.3 is 15.2 Å². The lowest BCUT2D eigenvalue weighted by Crippen LogP contribution is -2.29. The number of rotatable bonds is 4. The summed E-state index contributed by atoms with van der Waals surface area (Å²) >= 11 is 0. The lowest BCUT2D eigenvalue weighted by molar-refractivity contribution is 0.631. The first kappa shape index (κ1) is 17.6. The maximum Gasteiger partial charge on any atom is 0.263 e. The first-order valence-corrected chi connectivity index (χ1v) is 7.91. The van der Waals surface area contributed by atoms with Crippen molar-refractivity contribution in [3.05, 3.63) is 40.5 Å². The van der Waals surface area contributed by atoms with Crippen LogP contribution in [0.2, 0.25) is 0 Å². The van der Waals surface area contributed by atoms with Gasteiger partial charge in [0.25, 0.3) is 5.56 Å². The predicted molar refractivity (Wildman–Crippen MR) is 101 cm³/mol. The monoisotopic (exact) mass is 324 g/mol. The van der Waals surface area contributed by atoms with Crippen LogP contribution in [-0.2, 0) is 6.54 Å². The topological polar surface area (TPSA) is 59.0 Å². The molecule has 2 rings (SSSR count). The van der Waals surface area contributed by atoms with Crippen LogP contribution < -0.4 is 16.2 Å². The van der Waals surface area contributed by atoms with Gasteiger partial charge in [-0.3, -0.25) is 4.79 Å². The predicted octanol–water partition coefficient (Wildman–Crippen LogP) is 3.58. The average molecular weight is 324 g/mol. The molecule has 0 aliphatic carbocycles. The van der Waals surface area contributed by atoms with Gasteiger partial charge in [0.05, 0.1) is 11.9 Å². The third kappa shape index (κ3) is 3.96. The summed E-state index contributed by atoms with van der Waals surface area (Å²) in [4.78, 5) is 17.4. The van der Waals surface area contributed by atoms with Crippen LogP contribution >= 0.6 is 0 Å². The highest BCUT2D eigenvalue weighted by molar-refractivity contribution is 5.93. The fraction of sp³-hybridized carbons (Fsp3) is 0.368. The highest BCUT2D eigenvalue weighted by Gasteiger charge is 2.17. The molecule has 0 amide bonds. The number of fused-ring (bicyclic) bond motifs is 1. The molecular weight excluding hydrogens is 300 g/mol. The van der Waals surface area contributed by atoms with E-state index < -0.39 is 0 Å². The Morgan fingerprint density at radius 2 is 2.17 bits per heavy atom. The number of nitrogens with one attached hydrogen (secondary N) is 2. The highest BCUT2D eigenvalue weighted by Crippen LogP contribution is 2.25. The van der Waals surface area contributed by atoms with Gasteiger partial charge in [0.2, 0.25) is 0 Å². The van der Waals surface area contributed by atoms with E-state index in [-0.39, 0.29) is 17.6 Å². The van der Waals surface area contributed by atoms with Crippen LogP contribution in [0.5, 0.6) is 0 Å². The maximum atomic E-state index is 12.8. The van der Waals surface area contributed by atoms with E-state index in [0.717, 1.165) is 11.1 Å². The summed E-state index contributed by atoms with van der Waals surface area (Å²) in [7, 11) is 0. The number of terminal acetylenes is 1. The first-order chi connectivity index (χ1) is 11.2. The molecule has 0 fully saturated rings. The van der Waals surface area contributed by atoms with Crippen LogP contribution in [0, 0.1) is 12.3 Å². The van der Waals surface area contributed by atoms with Crippen LogP contribution in [0.15, 0.2) is 34.9 Å². The summed E-state index contributed by atoms with van der Waals surface area (Å²) < 4.78 is 1.52. The van der Waals surface area contributed by atoms with Gasteiger partial charge in [-0.2, -0.15) is 0 Å². The Bertz CT molecular complexity index is 879. The zero-order chi connectivity index (χ0) is 17.9. The molecule has 0 atom stereocenters. The maximum absolute atomic E-state index is 12.8. The molecule has 0 aliphatic rings. The Hall–Kier alpha value is -2.74. The quantitative estimate of drug-likeness (QED) is 0.844. The molecule has 0 aromatic carbocycles. The number of nitrogens with zero attached hydrogens (tertiary/aromatic N) is 2. The molecule has 5 heteroatoms. The lowest BCUT2D eigenvalue weighted by Gasteiger charge is -2.23. The van der Waals surface area contributed by atoms with Crippen molar-refractivity contribution in [3.63, 3.8) is 0 Å². The number of pyridine rings is 2. The van der Waals surface area contributed by atoms with E-state index in [1.165, 1.54) is 4.57 Å². The van der Waals surface area contributed by atoms with Crippen molar-refractivity contribution in [1.29, 1.82) is 0 Å². The molecule has 2 aromatic rings. The van der Waals surface area contributed by atoms with Gasteiger partial charge in [-0.15, -0.1) is 6.42 Å². The molecule has 2 heterocycles. The van der Waals surface area contributed by atoms with Crippen LogP contribution in [0.1, 0.15) is 34.6 Å². The summed E-state index contributed by atoms with van der Waals surface area (Å²) in [5.41, 5.74) is 0.621. The fourth-order valence-corrected chi connectivity index (χ4v) is 2.31. The van der Waals surface area contributed by atoms with Crippen molar-refractivity contribution in [2.45, 2.75) is 46.7 Å². The standard InChI is InChI=1S/C19H24N4O/c1-7-10-23-11-9-14-12-15(20-13(3)8-2)21-17(16(14)18(23)24)22-19(4,5)6/h1,8-9,11-12H,10H2,2-6H3,(H2,20,21,22)/b13-8+.